The zero-order valence-corrected chi connectivity index (χ0v) is 14.9. The highest BCUT2D eigenvalue weighted by molar-refractivity contribution is 6.04. The fraction of sp³-hybridized carbons (Fsp3) is 0.0909. The Balaban J connectivity index is 1.43. The number of ether oxygens (including phenoxy) is 1. The molecular formula is C22H19N3O2. The van der Waals surface area contributed by atoms with Gasteiger partial charge < -0.3 is 14.5 Å². The summed E-state index contributed by atoms with van der Waals surface area (Å²) in [6.07, 6.45) is 3.88. The van der Waals surface area contributed by atoms with E-state index in [4.69, 9.17) is 4.74 Å². The van der Waals surface area contributed by atoms with Crippen LogP contribution in [-0.4, -0.2) is 15.3 Å². The van der Waals surface area contributed by atoms with Crippen LogP contribution in [0.3, 0.4) is 0 Å². The molecule has 2 aromatic heterocycles. The van der Waals surface area contributed by atoms with E-state index in [1.54, 1.807) is 12.1 Å². The highest BCUT2D eigenvalue weighted by Gasteiger charge is 2.08. The van der Waals surface area contributed by atoms with Crippen LogP contribution < -0.4 is 10.1 Å². The normalized spacial score (nSPS) is 10.7. The molecule has 1 N–H and O–H groups in total. The number of hydrogen-bond acceptors (Lipinski definition) is 3. The number of amides is 1. The second kappa shape index (κ2) is 7.33. The lowest BCUT2D eigenvalue weighted by molar-refractivity contribution is 0.102. The molecular weight excluding hydrogens is 338 g/mol. The van der Waals surface area contributed by atoms with Crippen LogP contribution in [0.25, 0.3) is 5.65 Å². The van der Waals surface area contributed by atoms with Crippen LogP contribution in [0, 0.1) is 6.92 Å². The lowest BCUT2D eigenvalue weighted by Crippen LogP contribution is -2.12. The van der Waals surface area contributed by atoms with E-state index in [2.05, 4.69) is 10.3 Å². The number of fused-ring (bicyclic) bond motifs is 1. The molecule has 0 fully saturated rings. The average Bonchev–Trinajstić information content (AvgIpc) is 3.11. The number of rotatable bonds is 5. The van der Waals surface area contributed by atoms with E-state index < -0.39 is 0 Å². The third-order valence-electron chi connectivity index (χ3n) is 4.21. The molecule has 0 saturated carbocycles. The van der Waals surface area contributed by atoms with Crippen LogP contribution >= 0.6 is 0 Å². The van der Waals surface area contributed by atoms with Crippen molar-refractivity contribution in [3.63, 3.8) is 0 Å². The second-order valence-electron chi connectivity index (χ2n) is 6.34. The Morgan fingerprint density at radius 3 is 2.74 bits per heavy atom. The Morgan fingerprint density at radius 2 is 1.93 bits per heavy atom. The maximum absolute atomic E-state index is 12.5. The van der Waals surface area contributed by atoms with Gasteiger partial charge in [0.15, 0.2) is 0 Å². The van der Waals surface area contributed by atoms with E-state index >= 15 is 0 Å². The van der Waals surface area contributed by atoms with Crippen molar-refractivity contribution in [1.29, 1.82) is 0 Å². The zero-order chi connectivity index (χ0) is 18.6. The summed E-state index contributed by atoms with van der Waals surface area (Å²) < 4.78 is 7.77. The van der Waals surface area contributed by atoms with Gasteiger partial charge in [-0.05, 0) is 49.4 Å². The molecule has 0 aliphatic rings. The predicted octanol–water partition coefficient (Wildman–Crippen LogP) is 4.47. The number of carbonyl (C=O) groups excluding carboxylic acids is 1. The number of anilines is 1. The summed E-state index contributed by atoms with van der Waals surface area (Å²) in [7, 11) is 0. The van der Waals surface area contributed by atoms with Crippen molar-refractivity contribution in [2.24, 2.45) is 0 Å². The molecule has 0 radical (unpaired) electrons. The Hall–Kier alpha value is -3.60. The zero-order valence-electron chi connectivity index (χ0n) is 14.9. The first-order valence-electron chi connectivity index (χ1n) is 8.71. The molecule has 5 heteroatoms. The van der Waals surface area contributed by atoms with E-state index in [9.17, 15) is 4.79 Å². The van der Waals surface area contributed by atoms with Crippen molar-refractivity contribution in [3.8, 4) is 5.75 Å². The minimum absolute atomic E-state index is 0.169. The molecule has 134 valence electrons. The van der Waals surface area contributed by atoms with Gasteiger partial charge in [-0.3, -0.25) is 4.79 Å². The van der Waals surface area contributed by atoms with Gasteiger partial charge in [-0.15, -0.1) is 0 Å². The summed E-state index contributed by atoms with van der Waals surface area (Å²) in [4.78, 5) is 17.0. The number of imidazole rings is 1. The maximum Gasteiger partial charge on any atom is 0.255 e. The molecule has 1 amide bonds. The number of nitrogens with zero attached hydrogens (tertiary/aromatic N) is 2. The predicted molar refractivity (Wildman–Crippen MR) is 105 cm³/mol. The van der Waals surface area contributed by atoms with Crippen molar-refractivity contribution in [3.05, 3.63) is 95.9 Å². The summed E-state index contributed by atoms with van der Waals surface area (Å²) in [5.74, 6) is 0.459. The van der Waals surface area contributed by atoms with Gasteiger partial charge in [0.2, 0.25) is 0 Å². The molecule has 0 saturated heterocycles. The van der Waals surface area contributed by atoms with Crippen molar-refractivity contribution in [1.82, 2.24) is 9.38 Å². The van der Waals surface area contributed by atoms with Gasteiger partial charge in [-0.25, -0.2) is 4.98 Å². The Bertz CT molecular complexity index is 1050. The van der Waals surface area contributed by atoms with E-state index in [1.807, 2.05) is 78.3 Å². The first kappa shape index (κ1) is 16.8. The number of benzene rings is 2. The molecule has 0 aliphatic heterocycles. The number of hydrogen-bond donors (Lipinski definition) is 1. The SMILES string of the molecule is Cc1ccc(NC(=O)c2cccc(OCc3cn4ccccc4n3)c2)cc1. The van der Waals surface area contributed by atoms with Gasteiger partial charge in [0.25, 0.3) is 5.91 Å². The van der Waals surface area contributed by atoms with Crippen molar-refractivity contribution < 1.29 is 9.53 Å². The molecule has 27 heavy (non-hydrogen) atoms. The fourth-order valence-electron chi connectivity index (χ4n) is 2.78. The Kier molecular flexibility index (Phi) is 4.58. The van der Waals surface area contributed by atoms with E-state index in [0.29, 0.717) is 17.9 Å². The number of nitrogens with one attached hydrogen (secondary N) is 1. The van der Waals surface area contributed by atoms with Gasteiger partial charge in [0.05, 0.1) is 5.69 Å². The maximum atomic E-state index is 12.5. The van der Waals surface area contributed by atoms with Gasteiger partial charge >= 0.3 is 0 Å². The van der Waals surface area contributed by atoms with E-state index in [-0.39, 0.29) is 5.91 Å². The molecule has 0 spiro atoms. The van der Waals surface area contributed by atoms with Crippen LogP contribution in [0.1, 0.15) is 21.6 Å². The van der Waals surface area contributed by atoms with Gasteiger partial charge in [0, 0.05) is 23.6 Å². The number of carbonyl (C=O) groups is 1. The van der Waals surface area contributed by atoms with Crippen molar-refractivity contribution in [2.75, 3.05) is 5.32 Å². The first-order chi connectivity index (χ1) is 13.2. The molecule has 4 aromatic rings. The van der Waals surface area contributed by atoms with Crippen LogP contribution in [0.5, 0.6) is 5.75 Å². The minimum Gasteiger partial charge on any atom is -0.487 e. The fourth-order valence-corrected chi connectivity index (χ4v) is 2.78. The van der Waals surface area contributed by atoms with Crippen LogP contribution in [-0.2, 0) is 6.61 Å². The lowest BCUT2D eigenvalue weighted by atomic mass is 10.2. The number of pyridine rings is 1. The van der Waals surface area contributed by atoms with Crippen LogP contribution in [0.15, 0.2) is 79.1 Å². The monoisotopic (exact) mass is 357 g/mol. The summed E-state index contributed by atoms with van der Waals surface area (Å²) in [6.45, 7) is 2.35. The molecule has 2 heterocycles. The first-order valence-corrected chi connectivity index (χ1v) is 8.71. The Labute approximate surface area is 157 Å². The summed E-state index contributed by atoms with van der Waals surface area (Å²) in [5, 5.41) is 2.89. The van der Waals surface area contributed by atoms with E-state index in [1.165, 1.54) is 0 Å². The topological polar surface area (TPSA) is 55.6 Å². The van der Waals surface area contributed by atoms with Gasteiger partial charge in [-0.1, -0.05) is 29.8 Å². The van der Waals surface area contributed by atoms with E-state index in [0.717, 1.165) is 22.6 Å². The van der Waals surface area contributed by atoms with Gasteiger partial charge in [-0.2, -0.15) is 0 Å². The number of aryl methyl sites for hydroxylation is 1. The molecule has 0 unspecified atom stereocenters. The smallest absolute Gasteiger partial charge is 0.255 e. The van der Waals surface area contributed by atoms with Gasteiger partial charge in [0.1, 0.15) is 18.0 Å². The van der Waals surface area contributed by atoms with Crippen LogP contribution in [0.2, 0.25) is 0 Å². The minimum atomic E-state index is -0.169. The molecule has 0 aliphatic carbocycles. The average molecular weight is 357 g/mol. The molecule has 0 bridgehead atoms. The largest absolute Gasteiger partial charge is 0.487 e. The highest BCUT2D eigenvalue weighted by Crippen LogP contribution is 2.17. The van der Waals surface area contributed by atoms with Crippen molar-refractivity contribution >= 4 is 17.2 Å². The standard InChI is InChI=1S/C22H19N3O2/c1-16-8-10-18(11-9-16)24-22(26)17-5-4-6-20(13-17)27-15-19-14-25-12-3-2-7-21(25)23-19/h2-14H,15H2,1H3,(H,24,26). The summed E-state index contributed by atoms with van der Waals surface area (Å²) >= 11 is 0. The highest BCUT2D eigenvalue weighted by atomic mass is 16.5. The summed E-state index contributed by atoms with van der Waals surface area (Å²) in [6, 6.07) is 20.7. The third kappa shape index (κ3) is 3.98. The molecule has 0 atom stereocenters. The number of aromatic nitrogens is 2. The second-order valence-corrected chi connectivity index (χ2v) is 6.34. The quantitative estimate of drug-likeness (QED) is 0.573. The molecule has 4 rings (SSSR count). The van der Waals surface area contributed by atoms with Crippen molar-refractivity contribution in [2.45, 2.75) is 13.5 Å². The Morgan fingerprint density at radius 1 is 1.07 bits per heavy atom. The third-order valence-corrected chi connectivity index (χ3v) is 4.21. The molecule has 2 aromatic carbocycles. The lowest BCUT2D eigenvalue weighted by Gasteiger charge is -2.08. The molecule has 5 nitrogen and oxygen atoms in total. The summed E-state index contributed by atoms with van der Waals surface area (Å²) in [5.41, 5.74) is 4.16. The van der Waals surface area contributed by atoms with Crippen LogP contribution in [0.4, 0.5) is 5.69 Å².